The lowest BCUT2D eigenvalue weighted by atomic mass is 10.0. The predicted octanol–water partition coefficient (Wildman–Crippen LogP) is 2.73. The number of nitrogens with two attached hydrogens (primary N) is 2. The Bertz CT molecular complexity index is 1800. The summed E-state index contributed by atoms with van der Waals surface area (Å²) in [5.41, 5.74) is 15.3. The van der Waals surface area contributed by atoms with Gasteiger partial charge in [0.1, 0.15) is 12.3 Å². The standard InChI is InChI=1S/C31H32N6O5S/c32-16-23(38)19-42-24-11-13-37(14-12-24)43(40,41)28-8-4-3-7-25(28)20-9-10-27-26(15-20)29(35-31(33)34-27)30(39)36-17-21-5-1-2-6-22(21)18-36/h1-10,15,24H,11-14,16-19,32H2,(H2,33,34,35). The normalized spacial score (nSPS) is 16.0. The number of fused-ring (bicyclic) bond motifs is 2. The number of Topliss-reactive ketones (excluding diaryl/α,β-unsaturated/α-hetero) is 1. The fraction of sp³-hybridized carbons (Fsp3) is 0.290. The smallest absolute Gasteiger partial charge is 0.273 e. The molecule has 43 heavy (non-hydrogen) atoms. The van der Waals surface area contributed by atoms with Crippen molar-refractivity contribution in [2.75, 3.05) is 32.0 Å². The lowest BCUT2D eigenvalue weighted by molar-refractivity contribution is -0.124. The number of amides is 1. The number of aromatic nitrogens is 2. The number of nitrogens with zero attached hydrogens (tertiary/aromatic N) is 4. The summed E-state index contributed by atoms with van der Waals surface area (Å²) in [5, 5.41) is 0.491. The van der Waals surface area contributed by atoms with Crippen LogP contribution in [0.5, 0.6) is 0 Å². The average molecular weight is 601 g/mol. The third-order valence-corrected chi connectivity index (χ3v) is 9.92. The highest BCUT2D eigenvalue weighted by atomic mass is 32.2. The van der Waals surface area contributed by atoms with Gasteiger partial charge in [-0.25, -0.2) is 18.4 Å². The van der Waals surface area contributed by atoms with E-state index in [0.717, 1.165) is 11.1 Å². The molecule has 2 aliphatic rings. The summed E-state index contributed by atoms with van der Waals surface area (Å²) in [6, 6.07) is 20.0. The van der Waals surface area contributed by atoms with Crippen LogP contribution in [0, 0.1) is 0 Å². The van der Waals surface area contributed by atoms with Crippen LogP contribution in [0.25, 0.3) is 22.0 Å². The molecule has 3 heterocycles. The number of anilines is 1. The summed E-state index contributed by atoms with van der Waals surface area (Å²) in [4.78, 5) is 35.8. The first kappa shape index (κ1) is 28.9. The van der Waals surface area contributed by atoms with Crippen LogP contribution >= 0.6 is 0 Å². The van der Waals surface area contributed by atoms with Crippen LogP contribution in [0.2, 0.25) is 0 Å². The van der Waals surface area contributed by atoms with E-state index in [1.165, 1.54) is 4.31 Å². The fourth-order valence-corrected chi connectivity index (χ4v) is 7.37. The molecule has 0 radical (unpaired) electrons. The van der Waals surface area contributed by atoms with Gasteiger partial charge in [0.2, 0.25) is 16.0 Å². The number of piperidine rings is 1. The summed E-state index contributed by atoms with van der Waals surface area (Å²) >= 11 is 0. The van der Waals surface area contributed by atoms with Crippen LogP contribution in [0.3, 0.4) is 0 Å². The van der Waals surface area contributed by atoms with Crippen molar-refractivity contribution in [2.45, 2.75) is 36.9 Å². The first-order valence-corrected chi connectivity index (χ1v) is 15.5. The molecule has 4 aromatic rings. The van der Waals surface area contributed by atoms with Gasteiger partial charge in [0.15, 0.2) is 5.78 Å². The summed E-state index contributed by atoms with van der Waals surface area (Å²) in [7, 11) is -3.87. The molecule has 3 aromatic carbocycles. The SMILES string of the molecule is NCC(=O)COC1CCN(S(=O)(=O)c2ccccc2-c2ccc3nc(N)nc(C(=O)N4Cc5ccccc5C4)c3c2)CC1. The number of nitrogen functional groups attached to an aromatic ring is 1. The summed E-state index contributed by atoms with van der Waals surface area (Å²) in [5.74, 6) is -0.475. The van der Waals surface area contributed by atoms with E-state index in [1.807, 2.05) is 24.3 Å². The van der Waals surface area contributed by atoms with Crippen LogP contribution in [0.4, 0.5) is 5.95 Å². The summed E-state index contributed by atoms with van der Waals surface area (Å²) < 4.78 is 34.8. The van der Waals surface area contributed by atoms with Gasteiger partial charge in [-0.15, -0.1) is 0 Å². The van der Waals surface area contributed by atoms with Crippen molar-refractivity contribution in [1.29, 1.82) is 0 Å². The Morgan fingerprint density at radius 3 is 2.30 bits per heavy atom. The Balaban J connectivity index is 1.30. The molecule has 11 nitrogen and oxygen atoms in total. The Hall–Kier alpha value is -4.23. The van der Waals surface area contributed by atoms with E-state index in [4.69, 9.17) is 16.2 Å². The largest absolute Gasteiger partial charge is 0.370 e. The van der Waals surface area contributed by atoms with Crippen molar-refractivity contribution < 1.29 is 22.7 Å². The lowest BCUT2D eigenvalue weighted by Gasteiger charge is -2.31. The van der Waals surface area contributed by atoms with Crippen molar-refractivity contribution in [2.24, 2.45) is 5.73 Å². The number of ether oxygens (including phenoxy) is 1. The van der Waals surface area contributed by atoms with E-state index < -0.39 is 10.0 Å². The number of ketones is 1. The average Bonchev–Trinajstić information content (AvgIpc) is 3.47. The number of rotatable bonds is 8. The molecule has 222 valence electrons. The van der Waals surface area contributed by atoms with Crippen molar-refractivity contribution in [3.63, 3.8) is 0 Å². The van der Waals surface area contributed by atoms with Crippen LogP contribution < -0.4 is 11.5 Å². The molecule has 4 N–H and O–H groups in total. The highest BCUT2D eigenvalue weighted by Crippen LogP contribution is 2.34. The highest BCUT2D eigenvalue weighted by molar-refractivity contribution is 7.89. The quantitative estimate of drug-likeness (QED) is 0.310. The van der Waals surface area contributed by atoms with Crippen LogP contribution in [0.15, 0.2) is 71.6 Å². The van der Waals surface area contributed by atoms with Crippen molar-refractivity contribution in [1.82, 2.24) is 19.2 Å². The van der Waals surface area contributed by atoms with Crippen LogP contribution in [-0.4, -0.2) is 71.6 Å². The second kappa shape index (κ2) is 11.8. The molecule has 0 aliphatic carbocycles. The van der Waals surface area contributed by atoms with E-state index >= 15 is 0 Å². The molecule has 1 saturated heterocycles. The Morgan fingerprint density at radius 2 is 1.60 bits per heavy atom. The van der Waals surface area contributed by atoms with E-state index in [2.05, 4.69) is 9.97 Å². The number of sulfonamides is 1. The van der Waals surface area contributed by atoms with Crippen molar-refractivity contribution in [3.8, 4) is 11.1 Å². The van der Waals surface area contributed by atoms with E-state index in [-0.39, 0.29) is 60.6 Å². The number of hydrogen-bond acceptors (Lipinski definition) is 9. The maximum absolute atomic E-state index is 13.9. The molecular weight excluding hydrogens is 568 g/mol. The molecule has 0 spiro atoms. The molecule has 6 rings (SSSR count). The minimum absolute atomic E-state index is 0.0111. The van der Waals surface area contributed by atoms with Gasteiger partial charge in [-0.3, -0.25) is 9.59 Å². The molecule has 1 aromatic heterocycles. The van der Waals surface area contributed by atoms with Crippen LogP contribution in [-0.2, 0) is 32.6 Å². The second-order valence-electron chi connectivity index (χ2n) is 10.7. The van der Waals surface area contributed by atoms with Crippen molar-refractivity contribution in [3.05, 3.63) is 83.6 Å². The topological polar surface area (TPSA) is 162 Å². The molecule has 2 aliphatic heterocycles. The maximum atomic E-state index is 13.9. The van der Waals surface area contributed by atoms with Gasteiger partial charge in [0, 0.05) is 37.1 Å². The van der Waals surface area contributed by atoms with Gasteiger partial charge in [0.05, 0.1) is 23.1 Å². The zero-order chi connectivity index (χ0) is 30.1. The minimum atomic E-state index is -3.87. The first-order chi connectivity index (χ1) is 20.7. The van der Waals surface area contributed by atoms with Gasteiger partial charge < -0.3 is 21.1 Å². The van der Waals surface area contributed by atoms with E-state index in [1.54, 1.807) is 47.4 Å². The van der Waals surface area contributed by atoms with Gasteiger partial charge in [0.25, 0.3) is 5.91 Å². The van der Waals surface area contributed by atoms with Gasteiger partial charge in [-0.05, 0) is 47.7 Å². The van der Waals surface area contributed by atoms with Crippen molar-refractivity contribution >= 4 is 38.6 Å². The molecule has 0 atom stereocenters. The molecule has 0 unspecified atom stereocenters. The minimum Gasteiger partial charge on any atom is -0.370 e. The van der Waals surface area contributed by atoms with Crippen LogP contribution in [0.1, 0.15) is 34.5 Å². The molecular formula is C31H32N6O5S. The molecule has 1 fully saturated rings. The Morgan fingerprint density at radius 1 is 0.930 bits per heavy atom. The number of carbonyl (C=O) groups is 2. The van der Waals surface area contributed by atoms with Gasteiger partial charge in [-0.1, -0.05) is 48.5 Å². The predicted molar refractivity (Wildman–Crippen MR) is 161 cm³/mol. The second-order valence-corrected chi connectivity index (χ2v) is 12.7. The molecule has 12 heteroatoms. The van der Waals surface area contributed by atoms with Gasteiger partial charge in [-0.2, -0.15) is 4.31 Å². The van der Waals surface area contributed by atoms with Gasteiger partial charge >= 0.3 is 0 Å². The number of benzene rings is 3. The first-order valence-electron chi connectivity index (χ1n) is 14.1. The van der Waals surface area contributed by atoms with E-state index in [9.17, 15) is 18.0 Å². The van der Waals surface area contributed by atoms with E-state index in [0.29, 0.717) is 48.0 Å². The third kappa shape index (κ3) is 5.74. The summed E-state index contributed by atoms with van der Waals surface area (Å²) in [6.45, 7) is 1.31. The zero-order valence-corrected chi connectivity index (χ0v) is 24.3. The molecule has 0 bridgehead atoms. The monoisotopic (exact) mass is 600 g/mol. The molecule has 1 amide bonds. The fourth-order valence-electron chi connectivity index (χ4n) is 5.68. The Labute approximate surface area is 249 Å². The highest BCUT2D eigenvalue weighted by Gasteiger charge is 2.32. The molecule has 0 saturated carbocycles. The lowest BCUT2D eigenvalue weighted by Crippen LogP contribution is -2.41. The number of hydrogen-bond donors (Lipinski definition) is 2. The summed E-state index contributed by atoms with van der Waals surface area (Å²) in [6.07, 6.45) is 0.740. The number of carbonyl (C=O) groups excluding carboxylic acids is 2. The maximum Gasteiger partial charge on any atom is 0.273 e. The zero-order valence-electron chi connectivity index (χ0n) is 23.5. The third-order valence-electron chi connectivity index (χ3n) is 7.97. The Kier molecular flexibility index (Phi) is 7.93.